The molecule has 23 heavy (non-hydrogen) atoms. The predicted octanol–water partition coefficient (Wildman–Crippen LogP) is 3.87. The van der Waals surface area contributed by atoms with Crippen molar-refractivity contribution in [2.75, 3.05) is 19.5 Å². The van der Waals surface area contributed by atoms with Crippen molar-refractivity contribution in [2.45, 2.75) is 6.92 Å². The van der Waals surface area contributed by atoms with E-state index in [-0.39, 0.29) is 5.91 Å². The van der Waals surface area contributed by atoms with Gasteiger partial charge in [-0.1, -0.05) is 29.5 Å². The van der Waals surface area contributed by atoms with Gasteiger partial charge in [0, 0.05) is 11.6 Å². The molecular weight excluding hydrogens is 312 g/mol. The SMILES string of the molecule is COc1cc(OC)c2nc(NC(=O)c3ccccc3C)sc2c1. The van der Waals surface area contributed by atoms with Crippen molar-refractivity contribution >= 4 is 32.6 Å². The number of carbonyl (C=O) groups is 1. The molecule has 0 spiro atoms. The van der Waals surface area contributed by atoms with Gasteiger partial charge < -0.3 is 9.47 Å². The summed E-state index contributed by atoms with van der Waals surface area (Å²) in [4.78, 5) is 16.8. The molecule has 0 aliphatic heterocycles. The topological polar surface area (TPSA) is 60.5 Å². The van der Waals surface area contributed by atoms with Gasteiger partial charge >= 0.3 is 0 Å². The highest BCUT2D eigenvalue weighted by Gasteiger charge is 2.15. The first-order valence-electron chi connectivity index (χ1n) is 7.02. The van der Waals surface area contributed by atoms with Crippen LogP contribution in [0.1, 0.15) is 15.9 Å². The molecule has 3 aromatic rings. The van der Waals surface area contributed by atoms with Gasteiger partial charge in [-0.05, 0) is 24.6 Å². The second kappa shape index (κ2) is 6.26. The van der Waals surface area contributed by atoms with E-state index in [1.54, 1.807) is 26.4 Å². The molecule has 2 aromatic carbocycles. The number of nitrogens with zero attached hydrogens (tertiary/aromatic N) is 1. The minimum absolute atomic E-state index is 0.173. The van der Waals surface area contributed by atoms with Crippen LogP contribution in [0.4, 0.5) is 5.13 Å². The van der Waals surface area contributed by atoms with Gasteiger partial charge in [-0.25, -0.2) is 4.98 Å². The van der Waals surface area contributed by atoms with Crippen molar-refractivity contribution in [1.82, 2.24) is 4.98 Å². The summed E-state index contributed by atoms with van der Waals surface area (Å²) >= 11 is 1.38. The zero-order valence-corrected chi connectivity index (χ0v) is 13.9. The molecule has 0 aliphatic rings. The number of methoxy groups -OCH3 is 2. The van der Waals surface area contributed by atoms with E-state index in [2.05, 4.69) is 10.3 Å². The number of aromatic nitrogens is 1. The van der Waals surface area contributed by atoms with Crippen molar-refractivity contribution in [3.8, 4) is 11.5 Å². The molecule has 0 aliphatic carbocycles. The number of hydrogen-bond donors (Lipinski definition) is 1. The first-order valence-corrected chi connectivity index (χ1v) is 7.83. The van der Waals surface area contributed by atoms with E-state index in [0.717, 1.165) is 10.3 Å². The van der Waals surface area contributed by atoms with Gasteiger partial charge in [-0.2, -0.15) is 0 Å². The van der Waals surface area contributed by atoms with Gasteiger partial charge in [-0.15, -0.1) is 0 Å². The maximum Gasteiger partial charge on any atom is 0.257 e. The zero-order chi connectivity index (χ0) is 16.4. The molecule has 0 unspecified atom stereocenters. The fourth-order valence-electron chi connectivity index (χ4n) is 2.29. The Kier molecular flexibility index (Phi) is 4.16. The number of nitrogens with one attached hydrogen (secondary N) is 1. The molecule has 118 valence electrons. The van der Waals surface area contributed by atoms with Gasteiger partial charge in [0.2, 0.25) is 0 Å². The van der Waals surface area contributed by atoms with Gasteiger partial charge in [-0.3, -0.25) is 10.1 Å². The van der Waals surface area contributed by atoms with Crippen LogP contribution in [0.25, 0.3) is 10.2 Å². The van der Waals surface area contributed by atoms with Crippen molar-refractivity contribution in [3.05, 3.63) is 47.5 Å². The third kappa shape index (κ3) is 2.98. The zero-order valence-electron chi connectivity index (χ0n) is 13.0. The molecule has 0 radical (unpaired) electrons. The normalized spacial score (nSPS) is 10.6. The summed E-state index contributed by atoms with van der Waals surface area (Å²) in [5.41, 5.74) is 2.26. The molecule has 0 saturated carbocycles. The number of fused-ring (bicyclic) bond motifs is 1. The highest BCUT2D eigenvalue weighted by Crippen LogP contribution is 2.36. The van der Waals surface area contributed by atoms with Crippen molar-refractivity contribution in [2.24, 2.45) is 0 Å². The molecule has 1 amide bonds. The number of amides is 1. The fourth-order valence-corrected chi connectivity index (χ4v) is 3.20. The molecule has 0 atom stereocenters. The minimum Gasteiger partial charge on any atom is -0.497 e. The van der Waals surface area contributed by atoms with E-state index in [1.807, 2.05) is 31.2 Å². The predicted molar refractivity (Wildman–Crippen MR) is 91.9 cm³/mol. The van der Waals surface area contributed by atoms with E-state index in [0.29, 0.717) is 27.7 Å². The Balaban J connectivity index is 1.95. The molecule has 1 aromatic heterocycles. The number of carbonyl (C=O) groups excluding carboxylic acids is 1. The van der Waals surface area contributed by atoms with Crippen molar-refractivity contribution < 1.29 is 14.3 Å². The minimum atomic E-state index is -0.173. The van der Waals surface area contributed by atoms with Crippen LogP contribution < -0.4 is 14.8 Å². The number of anilines is 1. The van der Waals surface area contributed by atoms with Crippen LogP contribution in [0.15, 0.2) is 36.4 Å². The van der Waals surface area contributed by atoms with Gasteiger partial charge in [0.05, 0.1) is 18.9 Å². The summed E-state index contributed by atoms with van der Waals surface area (Å²) in [6, 6.07) is 11.1. The maximum atomic E-state index is 12.4. The van der Waals surface area contributed by atoms with Crippen LogP contribution in [-0.4, -0.2) is 25.1 Å². The molecule has 6 heteroatoms. The number of rotatable bonds is 4. The van der Waals surface area contributed by atoms with E-state index in [9.17, 15) is 4.79 Å². The summed E-state index contributed by atoms with van der Waals surface area (Å²) in [5.74, 6) is 1.13. The molecule has 0 saturated heterocycles. The maximum absolute atomic E-state index is 12.4. The fraction of sp³-hybridized carbons (Fsp3) is 0.176. The van der Waals surface area contributed by atoms with Crippen LogP contribution in [0.2, 0.25) is 0 Å². The lowest BCUT2D eigenvalue weighted by molar-refractivity contribution is 0.102. The average molecular weight is 328 g/mol. The van der Waals surface area contributed by atoms with Crippen LogP contribution in [0.5, 0.6) is 11.5 Å². The third-order valence-electron chi connectivity index (χ3n) is 3.50. The molecule has 1 heterocycles. The van der Waals surface area contributed by atoms with Gasteiger partial charge in [0.25, 0.3) is 5.91 Å². The number of ether oxygens (including phenoxy) is 2. The molecule has 5 nitrogen and oxygen atoms in total. The largest absolute Gasteiger partial charge is 0.497 e. The third-order valence-corrected chi connectivity index (χ3v) is 4.42. The monoisotopic (exact) mass is 328 g/mol. The molecule has 0 fully saturated rings. The van der Waals surface area contributed by atoms with Crippen molar-refractivity contribution in [3.63, 3.8) is 0 Å². The lowest BCUT2D eigenvalue weighted by atomic mass is 10.1. The average Bonchev–Trinajstić information content (AvgIpc) is 2.96. The quantitative estimate of drug-likeness (QED) is 0.790. The molecular formula is C17H16N2O3S. The summed E-state index contributed by atoms with van der Waals surface area (Å²) in [6.07, 6.45) is 0. The Morgan fingerprint density at radius 1 is 1.17 bits per heavy atom. The molecule has 0 bridgehead atoms. The first-order chi connectivity index (χ1) is 11.1. The number of benzene rings is 2. The number of hydrogen-bond acceptors (Lipinski definition) is 5. The summed E-state index contributed by atoms with van der Waals surface area (Å²) < 4.78 is 11.5. The van der Waals surface area contributed by atoms with Gasteiger partial charge in [0.15, 0.2) is 5.13 Å². The highest BCUT2D eigenvalue weighted by molar-refractivity contribution is 7.22. The Morgan fingerprint density at radius 3 is 2.65 bits per heavy atom. The number of thiazole rings is 1. The standard InChI is InChI=1S/C17H16N2O3S/c1-10-6-4-5-7-12(10)16(20)19-17-18-15-13(22-3)8-11(21-2)9-14(15)23-17/h4-9H,1-3H3,(H,18,19,20). The Bertz CT molecular complexity index is 873. The molecule has 3 rings (SSSR count). The highest BCUT2D eigenvalue weighted by atomic mass is 32.1. The summed E-state index contributed by atoms with van der Waals surface area (Å²) in [7, 11) is 3.18. The first kappa shape index (κ1) is 15.3. The Hall–Kier alpha value is -2.60. The van der Waals surface area contributed by atoms with Gasteiger partial charge in [0.1, 0.15) is 17.0 Å². The van der Waals surface area contributed by atoms with E-state index >= 15 is 0 Å². The Morgan fingerprint density at radius 2 is 1.96 bits per heavy atom. The summed E-state index contributed by atoms with van der Waals surface area (Å²) in [5, 5.41) is 3.38. The summed E-state index contributed by atoms with van der Waals surface area (Å²) in [6.45, 7) is 1.90. The second-order valence-electron chi connectivity index (χ2n) is 4.96. The lowest BCUT2D eigenvalue weighted by Crippen LogP contribution is -2.12. The second-order valence-corrected chi connectivity index (χ2v) is 6.00. The lowest BCUT2D eigenvalue weighted by Gasteiger charge is -2.04. The van der Waals surface area contributed by atoms with Crippen LogP contribution in [-0.2, 0) is 0 Å². The van der Waals surface area contributed by atoms with Crippen molar-refractivity contribution in [1.29, 1.82) is 0 Å². The van der Waals surface area contributed by atoms with Crippen LogP contribution in [0.3, 0.4) is 0 Å². The molecule has 1 N–H and O–H groups in total. The van der Waals surface area contributed by atoms with Crippen LogP contribution >= 0.6 is 11.3 Å². The Labute approximate surface area is 137 Å². The van der Waals surface area contributed by atoms with E-state index < -0.39 is 0 Å². The van der Waals surface area contributed by atoms with Crippen LogP contribution in [0, 0.1) is 6.92 Å². The number of aryl methyl sites for hydroxylation is 1. The van der Waals surface area contributed by atoms with E-state index in [4.69, 9.17) is 9.47 Å². The smallest absolute Gasteiger partial charge is 0.257 e. The van der Waals surface area contributed by atoms with E-state index in [1.165, 1.54) is 11.3 Å².